The molecule has 1 N–H and O–H groups in total. The van der Waals surface area contributed by atoms with Crippen molar-refractivity contribution in [2.24, 2.45) is 0 Å². The van der Waals surface area contributed by atoms with E-state index in [1.165, 1.54) is 4.90 Å². The van der Waals surface area contributed by atoms with E-state index < -0.39 is 0 Å². The fourth-order valence-corrected chi connectivity index (χ4v) is 1.92. The number of urea groups is 1. The Balaban J connectivity index is 2.17. The Morgan fingerprint density at radius 1 is 1.39 bits per heavy atom. The van der Waals surface area contributed by atoms with Crippen molar-refractivity contribution < 1.29 is 14.3 Å². The molecule has 5 nitrogen and oxygen atoms in total. The number of ether oxygens (including phenoxy) is 1. The lowest BCUT2D eigenvalue weighted by atomic mass is 10.1. The molecule has 0 bridgehead atoms. The summed E-state index contributed by atoms with van der Waals surface area (Å²) in [5.41, 5.74) is 1.95. The average molecular weight is 248 g/mol. The largest absolute Gasteiger partial charge is 0.497 e. The standard InChI is InChI=1S/C13H16N2O3/c1-9-7-11(18-2)4-3-10(9)8-15-12(16)5-6-14-13(15)17/h3-4,7H,5-6,8H2,1-2H3,(H,14,17). The fraction of sp³-hybridized carbons (Fsp3) is 0.385. The van der Waals surface area contributed by atoms with Gasteiger partial charge in [0.15, 0.2) is 0 Å². The Hall–Kier alpha value is -2.04. The molecule has 0 saturated carbocycles. The number of amides is 3. The van der Waals surface area contributed by atoms with Gasteiger partial charge in [-0.2, -0.15) is 0 Å². The highest BCUT2D eigenvalue weighted by Crippen LogP contribution is 2.19. The number of imide groups is 1. The Morgan fingerprint density at radius 2 is 2.17 bits per heavy atom. The Labute approximate surface area is 106 Å². The van der Waals surface area contributed by atoms with Gasteiger partial charge in [0.2, 0.25) is 5.91 Å². The number of benzene rings is 1. The molecule has 96 valence electrons. The van der Waals surface area contributed by atoms with Gasteiger partial charge >= 0.3 is 6.03 Å². The van der Waals surface area contributed by atoms with Crippen molar-refractivity contribution in [2.45, 2.75) is 19.9 Å². The Morgan fingerprint density at radius 3 is 2.78 bits per heavy atom. The van der Waals surface area contributed by atoms with Crippen molar-refractivity contribution >= 4 is 11.9 Å². The van der Waals surface area contributed by atoms with E-state index in [2.05, 4.69) is 5.32 Å². The van der Waals surface area contributed by atoms with E-state index in [0.717, 1.165) is 16.9 Å². The van der Waals surface area contributed by atoms with E-state index in [-0.39, 0.29) is 11.9 Å². The molecule has 0 radical (unpaired) electrons. The summed E-state index contributed by atoms with van der Waals surface area (Å²) in [4.78, 5) is 24.5. The number of rotatable bonds is 3. The highest BCUT2D eigenvalue weighted by Gasteiger charge is 2.25. The number of hydrogen-bond acceptors (Lipinski definition) is 3. The van der Waals surface area contributed by atoms with Crippen LogP contribution < -0.4 is 10.1 Å². The molecule has 2 rings (SSSR count). The fourth-order valence-electron chi connectivity index (χ4n) is 1.92. The first-order chi connectivity index (χ1) is 8.61. The van der Waals surface area contributed by atoms with Gasteiger partial charge in [-0.15, -0.1) is 0 Å². The molecule has 1 heterocycles. The lowest BCUT2D eigenvalue weighted by Crippen LogP contribution is -2.49. The second-order valence-electron chi connectivity index (χ2n) is 4.25. The average Bonchev–Trinajstić information content (AvgIpc) is 2.35. The molecule has 1 fully saturated rings. The van der Waals surface area contributed by atoms with Crippen LogP contribution in [-0.4, -0.2) is 30.5 Å². The molecular weight excluding hydrogens is 232 g/mol. The van der Waals surface area contributed by atoms with Crippen molar-refractivity contribution in [3.63, 3.8) is 0 Å². The third-order valence-corrected chi connectivity index (χ3v) is 3.04. The summed E-state index contributed by atoms with van der Waals surface area (Å²) < 4.78 is 5.12. The zero-order valence-corrected chi connectivity index (χ0v) is 10.5. The van der Waals surface area contributed by atoms with Crippen LogP contribution in [0, 0.1) is 6.92 Å². The van der Waals surface area contributed by atoms with Crippen molar-refractivity contribution in [3.05, 3.63) is 29.3 Å². The third-order valence-electron chi connectivity index (χ3n) is 3.04. The number of nitrogens with one attached hydrogen (secondary N) is 1. The first kappa shape index (κ1) is 12.4. The minimum absolute atomic E-state index is 0.131. The first-order valence-electron chi connectivity index (χ1n) is 5.83. The third kappa shape index (κ3) is 2.45. The molecule has 1 aliphatic heterocycles. The molecule has 0 spiro atoms. The van der Waals surface area contributed by atoms with Gasteiger partial charge in [-0.25, -0.2) is 4.79 Å². The molecule has 1 aliphatic rings. The molecule has 1 saturated heterocycles. The molecular formula is C13H16N2O3. The van der Waals surface area contributed by atoms with Crippen molar-refractivity contribution in [1.29, 1.82) is 0 Å². The molecule has 0 aromatic heterocycles. The van der Waals surface area contributed by atoms with E-state index in [1.807, 2.05) is 25.1 Å². The molecule has 0 aliphatic carbocycles. The number of hydrogen-bond donors (Lipinski definition) is 1. The Kier molecular flexibility index (Phi) is 3.50. The van der Waals surface area contributed by atoms with Crippen LogP contribution in [0.2, 0.25) is 0 Å². The van der Waals surface area contributed by atoms with Crippen molar-refractivity contribution in [1.82, 2.24) is 10.2 Å². The summed E-state index contributed by atoms with van der Waals surface area (Å²) >= 11 is 0. The summed E-state index contributed by atoms with van der Waals surface area (Å²) in [7, 11) is 1.61. The first-order valence-corrected chi connectivity index (χ1v) is 5.83. The van der Waals surface area contributed by atoms with Crippen LogP contribution in [-0.2, 0) is 11.3 Å². The smallest absolute Gasteiger partial charge is 0.324 e. The minimum Gasteiger partial charge on any atom is -0.497 e. The highest BCUT2D eigenvalue weighted by molar-refractivity contribution is 5.96. The van der Waals surface area contributed by atoms with E-state index in [1.54, 1.807) is 7.11 Å². The zero-order valence-electron chi connectivity index (χ0n) is 10.5. The summed E-state index contributed by atoms with van der Waals surface area (Å²) in [5, 5.41) is 2.67. The summed E-state index contributed by atoms with van der Waals surface area (Å²) in [5.74, 6) is 0.639. The van der Waals surface area contributed by atoms with Gasteiger partial charge in [0.1, 0.15) is 5.75 Å². The van der Waals surface area contributed by atoms with Crippen LogP contribution in [0.25, 0.3) is 0 Å². The highest BCUT2D eigenvalue weighted by atomic mass is 16.5. The predicted molar refractivity (Wildman–Crippen MR) is 66.3 cm³/mol. The summed E-state index contributed by atoms with van der Waals surface area (Å²) in [6.45, 7) is 2.67. The van der Waals surface area contributed by atoms with Crippen LogP contribution in [0.15, 0.2) is 18.2 Å². The molecule has 1 aromatic rings. The van der Waals surface area contributed by atoms with Gasteiger partial charge in [-0.3, -0.25) is 9.69 Å². The number of carbonyl (C=O) groups excluding carboxylic acids is 2. The molecule has 18 heavy (non-hydrogen) atoms. The van der Waals surface area contributed by atoms with Gasteiger partial charge in [0, 0.05) is 13.0 Å². The van der Waals surface area contributed by atoms with E-state index >= 15 is 0 Å². The van der Waals surface area contributed by atoms with Gasteiger partial charge in [0.25, 0.3) is 0 Å². The molecule has 0 unspecified atom stereocenters. The number of carbonyl (C=O) groups is 2. The van der Waals surface area contributed by atoms with Gasteiger partial charge < -0.3 is 10.1 Å². The zero-order chi connectivity index (χ0) is 13.1. The van der Waals surface area contributed by atoms with Crippen molar-refractivity contribution in [3.8, 4) is 5.75 Å². The summed E-state index contributed by atoms with van der Waals surface area (Å²) in [6.07, 6.45) is 0.362. The SMILES string of the molecule is COc1ccc(CN2C(=O)CCNC2=O)c(C)c1. The maximum atomic E-state index is 11.7. The lowest BCUT2D eigenvalue weighted by molar-refractivity contribution is -0.129. The van der Waals surface area contributed by atoms with Crippen LogP contribution in [0.1, 0.15) is 17.5 Å². The molecule has 1 aromatic carbocycles. The van der Waals surface area contributed by atoms with Gasteiger partial charge in [-0.05, 0) is 30.2 Å². The monoisotopic (exact) mass is 248 g/mol. The minimum atomic E-state index is -0.318. The quantitative estimate of drug-likeness (QED) is 0.880. The second kappa shape index (κ2) is 5.08. The molecule has 0 atom stereocenters. The molecule has 5 heteroatoms. The normalized spacial score (nSPS) is 15.6. The molecule has 3 amide bonds. The van der Waals surface area contributed by atoms with Gasteiger partial charge in [0.05, 0.1) is 13.7 Å². The van der Waals surface area contributed by atoms with Crippen LogP contribution in [0.5, 0.6) is 5.75 Å². The topological polar surface area (TPSA) is 58.6 Å². The maximum Gasteiger partial charge on any atom is 0.324 e. The number of methoxy groups -OCH3 is 1. The maximum absolute atomic E-state index is 11.7. The van der Waals surface area contributed by atoms with E-state index in [0.29, 0.717) is 19.5 Å². The predicted octanol–water partition coefficient (Wildman–Crippen LogP) is 1.45. The Bertz CT molecular complexity index is 469. The lowest BCUT2D eigenvalue weighted by Gasteiger charge is -2.26. The van der Waals surface area contributed by atoms with Crippen molar-refractivity contribution in [2.75, 3.05) is 13.7 Å². The van der Waals surface area contributed by atoms with E-state index in [9.17, 15) is 9.59 Å². The number of nitrogens with zero attached hydrogens (tertiary/aromatic N) is 1. The van der Waals surface area contributed by atoms with Crippen LogP contribution >= 0.6 is 0 Å². The van der Waals surface area contributed by atoms with E-state index in [4.69, 9.17) is 4.74 Å². The number of aryl methyl sites for hydroxylation is 1. The van der Waals surface area contributed by atoms with Crippen LogP contribution in [0.3, 0.4) is 0 Å². The summed E-state index contributed by atoms with van der Waals surface area (Å²) in [6, 6.07) is 5.28. The van der Waals surface area contributed by atoms with Crippen LogP contribution in [0.4, 0.5) is 4.79 Å². The van der Waals surface area contributed by atoms with Gasteiger partial charge in [-0.1, -0.05) is 6.07 Å². The second-order valence-corrected chi connectivity index (χ2v) is 4.25.